The molecule has 3 aromatic carbocycles. The monoisotopic (exact) mass is 547 g/mol. The molecular formula is C25H17ClF3N3O4S. The molecule has 1 N–H and O–H groups in total. The zero-order chi connectivity index (χ0) is 26.6. The highest BCUT2D eigenvalue weighted by Gasteiger charge is 2.35. The smallest absolute Gasteiger partial charge is 0.416 e. The number of halogens is 4. The average Bonchev–Trinajstić information content (AvgIpc) is 3.12. The molecule has 3 aromatic rings. The van der Waals surface area contributed by atoms with Crippen LogP contribution in [0.5, 0.6) is 11.5 Å². The van der Waals surface area contributed by atoms with Crippen LogP contribution in [0.2, 0.25) is 5.02 Å². The number of hydrogen-bond donors (Lipinski definition) is 1. The van der Waals surface area contributed by atoms with Crippen molar-refractivity contribution in [3.05, 3.63) is 87.8 Å². The van der Waals surface area contributed by atoms with Crippen LogP contribution in [0.15, 0.2) is 81.9 Å². The van der Waals surface area contributed by atoms with Gasteiger partial charge in [-0.2, -0.15) is 23.4 Å². The van der Waals surface area contributed by atoms with Crippen molar-refractivity contribution in [2.24, 2.45) is 10.2 Å². The van der Waals surface area contributed by atoms with Gasteiger partial charge >= 0.3 is 6.18 Å². The molecule has 190 valence electrons. The Balaban J connectivity index is 1.46. The van der Waals surface area contributed by atoms with E-state index in [1.54, 1.807) is 24.3 Å². The number of alkyl halides is 3. The predicted molar refractivity (Wildman–Crippen MR) is 133 cm³/mol. The van der Waals surface area contributed by atoms with Gasteiger partial charge in [0, 0.05) is 5.56 Å². The topological polar surface area (TPSA) is 91.6 Å². The second kappa shape index (κ2) is 11.1. The summed E-state index contributed by atoms with van der Waals surface area (Å²) in [6.07, 6.45) is -3.18. The Morgan fingerprint density at radius 3 is 2.46 bits per heavy atom. The normalized spacial score (nSPS) is 15.2. The molecule has 0 saturated carbocycles. The molecule has 1 saturated heterocycles. The molecular weight excluding hydrogens is 531 g/mol. The number of carbonyl (C=O) groups excluding carboxylic acids is 2. The predicted octanol–water partition coefficient (Wildman–Crippen LogP) is 7.60. The lowest BCUT2D eigenvalue weighted by Gasteiger charge is -2.13. The van der Waals surface area contributed by atoms with Crippen molar-refractivity contribution < 1.29 is 32.6 Å². The highest BCUT2D eigenvalue weighted by Crippen LogP contribution is 2.36. The highest BCUT2D eigenvalue weighted by molar-refractivity contribution is 8.18. The maximum Gasteiger partial charge on any atom is 0.416 e. The number of thioether (sulfide) groups is 1. The lowest BCUT2D eigenvalue weighted by molar-refractivity contribution is -0.137. The fourth-order valence-corrected chi connectivity index (χ4v) is 4.27. The van der Waals surface area contributed by atoms with Crippen molar-refractivity contribution in [2.45, 2.75) is 6.18 Å². The molecule has 1 aliphatic rings. The average molecular weight is 548 g/mol. The molecule has 2 amide bonds. The zero-order valence-electron chi connectivity index (χ0n) is 18.8. The third-order valence-electron chi connectivity index (χ3n) is 5.03. The minimum absolute atomic E-state index is 0.00947. The maximum absolute atomic E-state index is 12.9. The van der Waals surface area contributed by atoms with Gasteiger partial charge in [0.2, 0.25) is 0 Å². The van der Waals surface area contributed by atoms with E-state index in [1.807, 2.05) is 0 Å². The van der Waals surface area contributed by atoms with Gasteiger partial charge in [0.15, 0.2) is 0 Å². The Kier molecular flexibility index (Phi) is 7.84. The molecule has 0 aromatic heterocycles. The van der Waals surface area contributed by atoms with Gasteiger partial charge in [0.05, 0.1) is 33.4 Å². The molecule has 0 aliphatic carbocycles. The lowest BCUT2D eigenvalue weighted by atomic mass is 10.1. The van der Waals surface area contributed by atoms with Crippen LogP contribution >= 0.6 is 23.4 Å². The van der Waals surface area contributed by atoms with Crippen LogP contribution in [0.1, 0.15) is 11.1 Å². The van der Waals surface area contributed by atoms with E-state index >= 15 is 0 Å². The number of amides is 2. The van der Waals surface area contributed by atoms with Crippen molar-refractivity contribution in [1.82, 2.24) is 4.90 Å². The van der Waals surface area contributed by atoms with Gasteiger partial charge in [-0.1, -0.05) is 29.8 Å². The Morgan fingerprint density at radius 1 is 1.00 bits per heavy atom. The number of carbonyl (C=O) groups is 2. The zero-order valence-corrected chi connectivity index (χ0v) is 20.3. The minimum Gasteiger partial charge on any atom is -0.507 e. The summed E-state index contributed by atoms with van der Waals surface area (Å²) in [6.45, 7) is 0.0240. The van der Waals surface area contributed by atoms with Gasteiger partial charge in [0.25, 0.3) is 11.1 Å². The second-order valence-corrected chi connectivity index (χ2v) is 9.00. The first kappa shape index (κ1) is 26.2. The van der Waals surface area contributed by atoms with Gasteiger partial charge in [-0.05, 0) is 66.4 Å². The molecule has 0 bridgehead atoms. The number of hydrogen-bond acceptors (Lipinski definition) is 7. The minimum atomic E-state index is -4.51. The molecule has 0 atom stereocenters. The number of rotatable bonds is 7. The van der Waals surface area contributed by atoms with E-state index in [2.05, 4.69) is 10.2 Å². The van der Waals surface area contributed by atoms with Gasteiger partial charge in [-0.15, -0.1) is 0 Å². The summed E-state index contributed by atoms with van der Waals surface area (Å²) in [5.41, 5.74) is -0.472. The van der Waals surface area contributed by atoms with Crippen LogP contribution in [-0.4, -0.2) is 34.3 Å². The molecule has 1 heterocycles. The number of benzene rings is 3. The largest absolute Gasteiger partial charge is 0.507 e. The summed E-state index contributed by atoms with van der Waals surface area (Å²) in [7, 11) is 0. The molecule has 4 rings (SSSR count). The van der Waals surface area contributed by atoms with E-state index in [-0.39, 0.29) is 40.7 Å². The van der Waals surface area contributed by atoms with Gasteiger partial charge in [-0.25, -0.2) is 0 Å². The summed E-state index contributed by atoms with van der Waals surface area (Å²) in [5, 5.41) is 17.9. The molecule has 0 spiro atoms. The van der Waals surface area contributed by atoms with Crippen LogP contribution in [0.25, 0.3) is 6.08 Å². The molecule has 37 heavy (non-hydrogen) atoms. The third kappa shape index (κ3) is 6.49. The Labute approximate surface area is 218 Å². The first-order valence-corrected chi connectivity index (χ1v) is 11.9. The van der Waals surface area contributed by atoms with Crippen LogP contribution < -0.4 is 4.74 Å². The van der Waals surface area contributed by atoms with E-state index in [0.717, 1.165) is 17.0 Å². The third-order valence-corrected chi connectivity index (χ3v) is 6.25. The second-order valence-electron chi connectivity index (χ2n) is 7.60. The number of azo groups is 1. The van der Waals surface area contributed by atoms with Crippen LogP contribution in [0, 0.1) is 0 Å². The maximum atomic E-state index is 12.9. The van der Waals surface area contributed by atoms with Gasteiger partial charge in [0.1, 0.15) is 18.1 Å². The fraction of sp³-hybridized carbons (Fsp3) is 0.120. The SMILES string of the molecule is O=C1S/C(=C\c2cc(N=Nc3cccc(C(F)(F)F)c3)ccc2O)C(=O)N1CCOc1ccccc1Cl. The summed E-state index contributed by atoms with van der Waals surface area (Å²) in [4.78, 5) is 26.2. The first-order valence-electron chi connectivity index (χ1n) is 10.7. The summed E-state index contributed by atoms with van der Waals surface area (Å²) >= 11 is 6.73. The molecule has 0 radical (unpaired) electrons. The molecule has 12 heteroatoms. The number of phenols is 1. The van der Waals surface area contributed by atoms with Crippen LogP contribution in [0.3, 0.4) is 0 Å². The number of imide groups is 1. The quantitative estimate of drug-likeness (QED) is 0.243. The Hall–Kier alpha value is -3.83. The molecule has 0 unspecified atom stereocenters. The van der Waals surface area contributed by atoms with Gasteiger partial charge < -0.3 is 9.84 Å². The van der Waals surface area contributed by atoms with Crippen molar-refractivity contribution in [3.8, 4) is 11.5 Å². The molecule has 1 fully saturated rings. The Bertz CT molecular complexity index is 1410. The summed E-state index contributed by atoms with van der Waals surface area (Å²) in [5.74, 6) is -0.326. The van der Waals surface area contributed by atoms with E-state index in [4.69, 9.17) is 16.3 Å². The number of ether oxygens (including phenoxy) is 1. The van der Waals surface area contributed by atoms with Crippen LogP contribution in [-0.2, 0) is 11.0 Å². The number of para-hydroxylation sites is 1. The highest BCUT2D eigenvalue weighted by atomic mass is 35.5. The van der Waals surface area contributed by atoms with Crippen molar-refractivity contribution >= 4 is 52.0 Å². The van der Waals surface area contributed by atoms with E-state index in [9.17, 15) is 27.9 Å². The van der Waals surface area contributed by atoms with Gasteiger partial charge in [-0.3, -0.25) is 14.5 Å². The van der Waals surface area contributed by atoms with Crippen molar-refractivity contribution in [2.75, 3.05) is 13.2 Å². The first-order chi connectivity index (χ1) is 17.6. The number of aromatic hydroxyl groups is 1. The lowest BCUT2D eigenvalue weighted by Crippen LogP contribution is -2.32. The van der Waals surface area contributed by atoms with E-state index < -0.39 is 22.9 Å². The number of phenolic OH excluding ortho intramolecular Hbond substituents is 1. The van der Waals surface area contributed by atoms with E-state index in [0.29, 0.717) is 22.5 Å². The molecule has 1 aliphatic heterocycles. The van der Waals surface area contributed by atoms with Crippen molar-refractivity contribution in [3.63, 3.8) is 0 Å². The standard InChI is InChI=1S/C25H17ClF3N3O4S/c26-19-6-1-2-7-21(19)36-11-10-32-23(34)22(37-24(32)35)13-15-12-18(8-9-20(15)33)31-30-17-5-3-4-16(14-17)25(27,28)29/h1-9,12-14,33H,10-11H2/b22-13-,31-30?. The van der Waals surface area contributed by atoms with E-state index in [1.165, 1.54) is 36.4 Å². The Morgan fingerprint density at radius 2 is 1.73 bits per heavy atom. The summed E-state index contributed by atoms with van der Waals surface area (Å²) < 4.78 is 44.2. The summed E-state index contributed by atoms with van der Waals surface area (Å²) in [6, 6.07) is 15.3. The van der Waals surface area contributed by atoms with Crippen LogP contribution in [0.4, 0.5) is 29.3 Å². The molecule has 7 nitrogen and oxygen atoms in total. The number of nitrogens with zero attached hydrogens (tertiary/aromatic N) is 3. The fourth-order valence-electron chi connectivity index (χ4n) is 3.22. The van der Waals surface area contributed by atoms with Crippen molar-refractivity contribution in [1.29, 1.82) is 0 Å².